The fraction of sp³-hybridized carbons (Fsp3) is 0.533. The molecular weight excluding hydrogens is 320 g/mol. The van der Waals surface area contributed by atoms with E-state index in [1.807, 2.05) is 12.1 Å². The summed E-state index contributed by atoms with van der Waals surface area (Å²) >= 11 is 3.38. The molecule has 0 saturated carbocycles. The number of halogens is 1. The van der Waals surface area contributed by atoms with Gasteiger partial charge in [0.1, 0.15) is 5.75 Å². The molecule has 0 bridgehead atoms. The van der Waals surface area contributed by atoms with Crippen molar-refractivity contribution in [1.29, 1.82) is 0 Å². The van der Waals surface area contributed by atoms with E-state index in [0.29, 0.717) is 17.2 Å². The molecule has 0 aromatic heterocycles. The molecule has 1 amide bonds. The molecule has 20 heavy (non-hydrogen) atoms. The van der Waals surface area contributed by atoms with Crippen molar-refractivity contribution in [1.82, 2.24) is 10.2 Å². The minimum Gasteiger partial charge on any atom is -0.496 e. The van der Waals surface area contributed by atoms with Gasteiger partial charge in [0.05, 0.1) is 12.7 Å². The Kier molecular flexibility index (Phi) is 5.05. The molecular formula is C15H21BrN2O2. The maximum Gasteiger partial charge on any atom is 0.255 e. The number of amides is 1. The number of hydrogen-bond donors (Lipinski definition) is 1. The lowest BCUT2D eigenvalue weighted by Crippen LogP contribution is -2.48. The number of carbonyl (C=O) groups is 1. The molecule has 5 heteroatoms. The Morgan fingerprint density at radius 2 is 2.25 bits per heavy atom. The third-order valence-electron chi connectivity index (χ3n) is 3.83. The lowest BCUT2D eigenvalue weighted by molar-refractivity contribution is 0.0881. The van der Waals surface area contributed by atoms with Crippen LogP contribution in [0.3, 0.4) is 0 Å². The smallest absolute Gasteiger partial charge is 0.255 e. The minimum atomic E-state index is -0.0595. The number of hydrogen-bond acceptors (Lipinski definition) is 3. The first-order valence-electron chi connectivity index (χ1n) is 6.84. The first-order chi connectivity index (χ1) is 9.51. The van der Waals surface area contributed by atoms with E-state index in [-0.39, 0.29) is 11.9 Å². The topological polar surface area (TPSA) is 41.6 Å². The number of ether oxygens (including phenoxy) is 1. The van der Waals surface area contributed by atoms with Crippen molar-refractivity contribution >= 4 is 21.8 Å². The van der Waals surface area contributed by atoms with Crippen LogP contribution in [0.25, 0.3) is 0 Å². The zero-order chi connectivity index (χ0) is 14.7. The highest BCUT2D eigenvalue weighted by atomic mass is 79.9. The Morgan fingerprint density at radius 1 is 1.50 bits per heavy atom. The molecule has 1 saturated heterocycles. The number of piperidine rings is 1. The van der Waals surface area contributed by atoms with Crippen LogP contribution in [0.4, 0.5) is 0 Å². The summed E-state index contributed by atoms with van der Waals surface area (Å²) in [6, 6.07) is 5.69. The van der Waals surface area contributed by atoms with Crippen molar-refractivity contribution in [2.45, 2.75) is 19.4 Å². The van der Waals surface area contributed by atoms with Gasteiger partial charge < -0.3 is 15.0 Å². The standard InChI is InChI=1S/C15H21BrN2O2/c1-10-9-18(2)7-6-13(10)17-15(19)12-5-4-11(16)8-14(12)20-3/h4-5,8,10,13H,6-7,9H2,1-3H3,(H,17,19). The van der Waals surface area contributed by atoms with Gasteiger partial charge in [0.15, 0.2) is 0 Å². The van der Waals surface area contributed by atoms with E-state index < -0.39 is 0 Å². The third kappa shape index (κ3) is 3.52. The first kappa shape index (κ1) is 15.3. The Hall–Kier alpha value is -1.07. The van der Waals surface area contributed by atoms with Crippen LogP contribution in [0, 0.1) is 5.92 Å². The van der Waals surface area contributed by atoms with Gasteiger partial charge in [-0.25, -0.2) is 0 Å². The summed E-state index contributed by atoms with van der Waals surface area (Å²) < 4.78 is 6.18. The molecule has 1 aliphatic heterocycles. The van der Waals surface area contributed by atoms with Gasteiger partial charge in [0.2, 0.25) is 0 Å². The summed E-state index contributed by atoms with van der Waals surface area (Å²) in [4.78, 5) is 14.7. The van der Waals surface area contributed by atoms with Crippen LogP contribution in [-0.4, -0.2) is 44.1 Å². The monoisotopic (exact) mass is 340 g/mol. The predicted molar refractivity (Wildman–Crippen MR) is 83.2 cm³/mol. The average molecular weight is 341 g/mol. The van der Waals surface area contributed by atoms with Gasteiger partial charge >= 0.3 is 0 Å². The van der Waals surface area contributed by atoms with E-state index in [2.05, 4.69) is 40.1 Å². The van der Waals surface area contributed by atoms with Gasteiger partial charge in [0, 0.05) is 17.1 Å². The summed E-state index contributed by atoms with van der Waals surface area (Å²) in [6.07, 6.45) is 0.988. The lowest BCUT2D eigenvalue weighted by atomic mass is 9.94. The van der Waals surface area contributed by atoms with Crippen LogP contribution >= 0.6 is 15.9 Å². The highest BCUT2D eigenvalue weighted by Crippen LogP contribution is 2.24. The maximum atomic E-state index is 12.4. The second-order valence-electron chi connectivity index (χ2n) is 5.45. The summed E-state index contributed by atoms with van der Waals surface area (Å²) in [6.45, 7) is 4.22. The van der Waals surface area contributed by atoms with E-state index in [1.54, 1.807) is 13.2 Å². The van der Waals surface area contributed by atoms with Crippen molar-refractivity contribution in [3.8, 4) is 5.75 Å². The van der Waals surface area contributed by atoms with Gasteiger partial charge in [-0.05, 0) is 44.1 Å². The number of methoxy groups -OCH3 is 1. The Morgan fingerprint density at radius 3 is 2.90 bits per heavy atom. The molecule has 2 rings (SSSR count). The number of benzene rings is 1. The number of carbonyl (C=O) groups excluding carboxylic acids is 1. The molecule has 0 spiro atoms. The van der Waals surface area contributed by atoms with Crippen LogP contribution in [-0.2, 0) is 0 Å². The van der Waals surface area contributed by atoms with Crippen LogP contribution < -0.4 is 10.1 Å². The van der Waals surface area contributed by atoms with Crippen LogP contribution in [0.15, 0.2) is 22.7 Å². The summed E-state index contributed by atoms with van der Waals surface area (Å²) in [5, 5.41) is 3.14. The first-order valence-corrected chi connectivity index (χ1v) is 7.63. The Bertz CT molecular complexity index is 493. The number of rotatable bonds is 3. The molecule has 1 heterocycles. The fourth-order valence-corrected chi connectivity index (χ4v) is 3.01. The molecule has 1 fully saturated rings. The zero-order valence-corrected chi connectivity index (χ0v) is 13.7. The quantitative estimate of drug-likeness (QED) is 0.919. The van der Waals surface area contributed by atoms with Crippen LogP contribution in [0.2, 0.25) is 0 Å². The fourth-order valence-electron chi connectivity index (χ4n) is 2.67. The van der Waals surface area contributed by atoms with E-state index in [1.165, 1.54) is 0 Å². The average Bonchev–Trinajstić information content (AvgIpc) is 2.41. The molecule has 110 valence electrons. The number of nitrogens with zero attached hydrogens (tertiary/aromatic N) is 1. The molecule has 1 aromatic carbocycles. The van der Waals surface area contributed by atoms with Gasteiger partial charge in [-0.2, -0.15) is 0 Å². The summed E-state index contributed by atoms with van der Waals surface area (Å²) in [5.74, 6) is 0.993. The van der Waals surface area contributed by atoms with Crippen molar-refractivity contribution in [3.63, 3.8) is 0 Å². The van der Waals surface area contributed by atoms with Gasteiger partial charge in [0.25, 0.3) is 5.91 Å². The van der Waals surface area contributed by atoms with Crippen molar-refractivity contribution < 1.29 is 9.53 Å². The van der Waals surface area contributed by atoms with Crippen LogP contribution in [0.1, 0.15) is 23.7 Å². The second kappa shape index (κ2) is 6.59. The minimum absolute atomic E-state index is 0.0595. The van der Waals surface area contributed by atoms with Gasteiger partial charge in [-0.1, -0.05) is 22.9 Å². The number of likely N-dealkylation sites (tertiary alicyclic amines) is 1. The van der Waals surface area contributed by atoms with E-state index >= 15 is 0 Å². The highest BCUT2D eigenvalue weighted by molar-refractivity contribution is 9.10. The third-order valence-corrected chi connectivity index (χ3v) is 4.33. The highest BCUT2D eigenvalue weighted by Gasteiger charge is 2.26. The summed E-state index contributed by atoms with van der Waals surface area (Å²) in [7, 11) is 3.70. The summed E-state index contributed by atoms with van der Waals surface area (Å²) in [5.41, 5.74) is 0.585. The Labute approximate surface area is 128 Å². The molecule has 4 nitrogen and oxygen atoms in total. The zero-order valence-electron chi connectivity index (χ0n) is 12.1. The van der Waals surface area contributed by atoms with Gasteiger partial charge in [-0.15, -0.1) is 0 Å². The molecule has 0 aliphatic carbocycles. The van der Waals surface area contributed by atoms with E-state index in [9.17, 15) is 4.79 Å². The normalized spacial score (nSPS) is 23.4. The lowest BCUT2D eigenvalue weighted by Gasteiger charge is -2.35. The number of nitrogens with one attached hydrogen (secondary N) is 1. The predicted octanol–water partition coefficient (Wildman–Crippen LogP) is 2.53. The molecule has 2 unspecified atom stereocenters. The van der Waals surface area contributed by atoms with E-state index in [4.69, 9.17) is 4.74 Å². The largest absolute Gasteiger partial charge is 0.496 e. The van der Waals surface area contributed by atoms with Crippen LogP contribution in [0.5, 0.6) is 5.75 Å². The maximum absolute atomic E-state index is 12.4. The molecule has 2 atom stereocenters. The van der Waals surface area contributed by atoms with Crippen molar-refractivity contribution in [2.24, 2.45) is 5.92 Å². The van der Waals surface area contributed by atoms with Crippen molar-refractivity contribution in [2.75, 3.05) is 27.2 Å². The van der Waals surface area contributed by atoms with Gasteiger partial charge in [-0.3, -0.25) is 4.79 Å². The molecule has 1 N–H and O–H groups in total. The Balaban J connectivity index is 2.08. The second-order valence-corrected chi connectivity index (χ2v) is 6.37. The molecule has 1 aliphatic rings. The van der Waals surface area contributed by atoms with Crippen molar-refractivity contribution in [3.05, 3.63) is 28.2 Å². The molecule has 1 aromatic rings. The SMILES string of the molecule is COc1cc(Br)ccc1C(=O)NC1CCN(C)CC1C. The van der Waals surface area contributed by atoms with E-state index in [0.717, 1.165) is 24.0 Å². The molecule has 0 radical (unpaired) electrons.